The monoisotopic (exact) mass is 226 g/mol. The van der Waals surface area contributed by atoms with Crippen LogP contribution in [0.15, 0.2) is 0 Å². The topological polar surface area (TPSA) is 43.4 Å². The molecule has 0 N–H and O–H groups in total. The summed E-state index contributed by atoms with van der Waals surface area (Å²) >= 11 is 3.69. The number of Topliss-reactive ketones (excluding diaryl/α,β-unsaturated/α-hetero) is 1. The standard InChI is InChI=1S/C11H14O3S/c12-9-7-1-6-2-8(9)5-11(3-6,4-7)14-10(13)15/h6-8H,1-5H2,(H,13,15). The number of carbonyl (C=O) groups is 2. The van der Waals surface area contributed by atoms with Crippen molar-refractivity contribution in [2.45, 2.75) is 37.7 Å². The molecule has 4 fully saturated rings. The minimum absolute atomic E-state index is 0.156. The Morgan fingerprint density at radius 2 is 1.87 bits per heavy atom. The second-order valence-corrected chi connectivity index (χ2v) is 5.66. The lowest BCUT2D eigenvalue weighted by atomic mass is 9.53. The van der Waals surface area contributed by atoms with Gasteiger partial charge in [0.1, 0.15) is 11.4 Å². The van der Waals surface area contributed by atoms with Crippen molar-refractivity contribution in [1.82, 2.24) is 0 Å². The molecule has 4 aliphatic rings. The molecule has 3 nitrogen and oxygen atoms in total. The van der Waals surface area contributed by atoms with Gasteiger partial charge in [0.05, 0.1) is 0 Å². The highest BCUT2D eigenvalue weighted by atomic mass is 32.1. The summed E-state index contributed by atoms with van der Waals surface area (Å²) < 4.78 is 5.37. The molecule has 4 heteroatoms. The van der Waals surface area contributed by atoms with Crippen molar-refractivity contribution >= 4 is 23.7 Å². The highest BCUT2D eigenvalue weighted by molar-refractivity contribution is 7.96. The van der Waals surface area contributed by atoms with Crippen molar-refractivity contribution in [3.63, 3.8) is 0 Å². The lowest BCUT2D eigenvalue weighted by molar-refractivity contribution is -0.159. The highest BCUT2D eigenvalue weighted by Gasteiger charge is 2.56. The van der Waals surface area contributed by atoms with Crippen LogP contribution in [0.3, 0.4) is 0 Å². The predicted molar refractivity (Wildman–Crippen MR) is 56.8 cm³/mol. The Labute approximate surface area is 94.0 Å². The van der Waals surface area contributed by atoms with Gasteiger partial charge in [0.15, 0.2) is 0 Å². The molecule has 4 bridgehead atoms. The average molecular weight is 226 g/mol. The molecule has 0 heterocycles. The minimum Gasteiger partial charge on any atom is -0.451 e. The van der Waals surface area contributed by atoms with Crippen LogP contribution in [0, 0.1) is 17.8 Å². The molecule has 2 atom stereocenters. The van der Waals surface area contributed by atoms with E-state index in [0.29, 0.717) is 11.7 Å². The molecule has 2 unspecified atom stereocenters. The van der Waals surface area contributed by atoms with Gasteiger partial charge in [-0.1, -0.05) is 12.6 Å². The molecule has 4 rings (SSSR count). The molecular formula is C11H14O3S. The number of carbonyl (C=O) groups excluding carboxylic acids is 2. The molecule has 0 saturated heterocycles. The van der Waals surface area contributed by atoms with Gasteiger partial charge in [-0.15, -0.1) is 0 Å². The fourth-order valence-electron chi connectivity index (χ4n) is 3.99. The van der Waals surface area contributed by atoms with Crippen LogP contribution in [0.1, 0.15) is 32.1 Å². The summed E-state index contributed by atoms with van der Waals surface area (Å²) in [4.78, 5) is 22.8. The molecule has 0 aliphatic heterocycles. The van der Waals surface area contributed by atoms with E-state index in [9.17, 15) is 9.59 Å². The summed E-state index contributed by atoms with van der Waals surface area (Å²) in [5.41, 5.74) is -0.344. The summed E-state index contributed by atoms with van der Waals surface area (Å²) in [6, 6.07) is 0. The van der Waals surface area contributed by atoms with Crippen LogP contribution in [0.2, 0.25) is 0 Å². The zero-order chi connectivity index (χ0) is 10.6. The molecule has 15 heavy (non-hydrogen) atoms. The smallest absolute Gasteiger partial charge is 0.364 e. The predicted octanol–water partition coefficient (Wildman–Crippen LogP) is 2.20. The fourth-order valence-corrected chi connectivity index (χ4v) is 4.18. The first-order valence-electron chi connectivity index (χ1n) is 5.54. The summed E-state index contributed by atoms with van der Waals surface area (Å²) in [6.07, 6.45) is 4.46. The van der Waals surface area contributed by atoms with E-state index in [-0.39, 0.29) is 17.4 Å². The molecule has 0 aromatic carbocycles. The first-order chi connectivity index (χ1) is 7.08. The number of ether oxygens (including phenoxy) is 1. The van der Waals surface area contributed by atoms with Gasteiger partial charge in [0.25, 0.3) is 0 Å². The van der Waals surface area contributed by atoms with E-state index < -0.39 is 5.30 Å². The van der Waals surface area contributed by atoms with Crippen LogP contribution in [0.5, 0.6) is 0 Å². The Hall–Kier alpha value is -0.510. The van der Waals surface area contributed by atoms with Gasteiger partial charge in [0, 0.05) is 11.8 Å². The third-order valence-corrected chi connectivity index (χ3v) is 4.33. The molecule has 4 aliphatic carbocycles. The quantitative estimate of drug-likeness (QED) is 0.550. The second kappa shape index (κ2) is 3.00. The van der Waals surface area contributed by atoms with E-state index in [2.05, 4.69) is 12.6 Å². The lowest BCUT2D eigenvalue weighted by Crippen LogP contribution is -2.56. The maximum Gasteiger partial charge on any atom is 0.364 e. The zero-order valence-corrected chi connectivity index (χ0v) is 9.33. The van der Waals surface area contributed by atoms with Gasteiger partial charge < -0.3 is 4.74 Å². The maximum absolute atomic E-state index is 11.8. The summed E-state index contributed by atoms with van der Waals surface area (Å²) in [5, 5.41) is -0.496. The minimum atomic E-state index is -0.496. The Kier molecular flexibility index (Phi) is 1.94. The molecule has 0 aromatic heterocycles. The van der Waals surface area contributed by atoms with Crippen LogP contribution in [0.4, 0.5) is 4.79 Å². The molecule has 82 valence electrons. The first-order valence-corrected chi connectivity index (χ1v) is 5.98. The van der Waals surface area contributed by atoms with Gasteiger partial charge in [0.2, 0.25) is 0 Å². The van der Waals surface area contributed by atoms with E-state index >= 15 is 0 Å². The largest absolute Gasteiger partial charge is 0.451 e. The van der Waals surface area contributed by atoms with Gasteiger partial charge >= 0.3 is 5.30 Å². The van der Waals surface area contributed by atoms with Crippen LogP contribution in [-0.4, -0.2) is 16.7 Å². The van der Waals surface area contributed by atoms with Crippen molar-refractivity contribution in [3.05, 3.63) is 0 Å². The van der Waals surface area contributed by atoms with E-state index in [4.69, 9.17) is 4.74 Å². The van der Waals surface area contributed by atoms with Gasteiger partial charge in [-0.05, 0) is 38.0 Å². The molecular weight excluding hydrogens is 212 g/mol. The molecule has 0 amide bonds. The third kappa shape index (κ3) is 1.41. The van der Waals surface area contributed by atoms with Crippen molar-refractivity contribution in [2.24, 2.45) is 17.8 Å². The van der Waals surface area contributed by atoms with Gasteiger partial charge in [-0.3, -0.25) is 4.79 Å². The van der Waals surface area contributed by atoms with E-state index in [0.717, 1.165) is 32.1 Å². The summed E-state index contributed by atoms with van der Waals surface area (Å²) in [5.74, 6) is 1.32. The van der Waals surface area contributed by atoms with Crippen LogP contribution in [-0.2, 0) is 9.53 Å². The van der Waals surface area contributed by atoms with Crippen LogP contribution in [0.25, 0.3) is 0 Å². The number of thiol groups is 1. The highest BCUT2D eigenvalue weighted by Crippen LogP contribution is 2.55. The third-order valence-electron chi connectivity index (χ3n) is 4.24. The summed E-state index contributed by atoms with van der Waals surface area (Å²) in [6.45, 7) is 0. The first kappa shape index (κ1) is 9.70. The number of ketones is 1. The van der Waals surface area contributed by atoms with Crippen LogP contribution < -0.4 is 0 Å². The van der Waals surface area contributed by atoms with Gasteiger partial charge in [-0.2, -0.15) is 0 Å². The number of hydrogen-bond donors (Lipinski definition) is 1. The maximum atomic E-state index is 11.8. The molecule has 4 saturated carbocycles. The fraction of sp³-hybridized carbons (Fsp3) is 0.818. The van der Waals surface area contributed by atoms with Crippen molar-refractivity contribution in [1.29, 1.82) is 0 Å². The number of rotatable bonds is 1. The lowest BCUT2D eigenvalue weighted by Gasteiger charge is -2.54. The second-order valence-electron chi connectivity index (χ2n) is 5.30. The normalized spacial score (nSPS) is 47.0. The van der Waals surface area contributed by atoms with E-state index in [1.165, 1.54) is 0 Å². The molecule has 0 spiro atoms. The number of hydrogen-bond acceptors (Lipinski definition) is 3. The average Bonchev–Trinajstić information content (AvgIpc) is 2.10. The van der Waals surface area contributed by atoms with Crippen molar-refractivity contribution in [2.75, 3.05) is 0 Å². The molecule has 0 aromatic rings. The zero-order valence-electron chi connectivity index (χ0n) is 8.44. The Morgan fingerprint density at radius 3 is 2.40 bits per heavy atom. The van der Waals surface area contributed by atoms with E-state index in [1.807, 2.05) is 0 Å². The Bertz CT molecular complexity index is 321. The van der Waals surface area contributed by atoms with Crippen molar-refractivity contribution < 1.29 is 14.3 Å². The van der Waals surface area contributed by atoms with E-state index in [1.54, 1.807) is 0 Å². The van der Waals surface area contributed by atoms with Crippen molar-refractivity contribution in [3.8, 4) is 0 Å². The van der Waals surface area contributed by atoms with Gasteiger partial charge in [-0.25, -0.2) is 4.79 Å². The Balaban J connectivity index is 1.89. The molecule has 0 radical (unpaired) electrons. The summed E-state index contributed by atoms with van der Waals surface area (Å²) in [7, 11) is 0. The Morgan fingerprint density at radius 1 is 1.27 bits per heavy atom. The SMILES string of the molecule is O=C(S)OC12CC3CC(C1)C(=O)C(C3)C2. The van der Waals surface area contributed by atoms with Crippen LogP contribution >= 0.6 is 12.6 Å².